The second-order valence-corrected chi connectivity index (χ2v) is 4.52. The van der Waals surface area contributed by atoms with E-state index >= 15 is 0 Å². The average molecular weight is 266 g/mol. The standard InChI is InChI=1S/C14H26N4O/c1-4-9-19-14-11-16-10-13(17-14)18(8-7-15)12(5-2)6-3/h10-12H,4-9,15H2,1-3H3. The van der Waals surface area contributed by atoms with Gasteiger partial charge >= 0.3 is 0 Å². The van der Waals surface area contributed by atoms with Crippen LogP contribution in [-0.2, 0) is 0 Å². The molecule has 5 nitrogen and oxygen atoms in total. The third-order valence-corrected chi connectivity index (χ3v) is 3.10. The zero-order chi connectivity index (χ0) is 14.1. The summed E-state index contributed by atoms with van der Waals surface area (Å²) in [4.78, 5) is 11.0. The first kappa shape index (κ1) is 15.7. The van der Waals surface area contributed by atoms with Crippen LogP contribution in [0, 0.1) is 0 Å². The van der Waals surface area contributed by atoms with E-state index in [1.54, 1.807) is 12.4 Å². The summed E-state index contributed by atoms with van der Waals surface area (Å²) in [7, 11) is 0. The summed E-state index contributed by atoms with van der Waals surface area (Å²) >= 11 is 0. The number of anilines is 1. The van der Waals surface area contributed by atoms with E-state index in [-0.39, 0.29) is 0 Å². The highest BCUT2D eigenvalue weighted by molar-refractivity contribution is 5.39. The molecule has 19 heavy (non-hydrogen) atoms. The van der Waals surface area contributed by atoms with Crippen molar-refractivity contribution < 1.29 is 4.74 Å². The van der Waals surface area contributed by atoms with Crippen molar-refractivity contribution in [2.45, 2.75) is 46.1 Å². The second-order valence-electron chi connectivity index (χ2n) is 4.52. The minimum absolute atomic E-state index is 0.444. The summed E-state index contributed by atoms with van der Waals surface area (Å²) in [5.74, 6) is 1.44. The molecule has 0 atom stereocenters. The smallest absolute Gasteiger partial charge is 0.234 e. The molecule has 108 valence electrons. The van der Waals surface area contributed by atoms with Crippen molar-refractivity contribution in [3.8, 4) is 5.88 Å². The van der Waals surface area contributed by atoms with Gasteiger partial charge in [-0.3, -0.25) is 4.98 Å². The van der Waals surface area contributed by atoms with Crippen LogP contribution in [0.3, 0.4) is 0 Å². The summed E-state index contributed by atoms with van der Waals surface area (Å²) in [5, 5.41) is 0. The molecule has 5 heteroatoms. The highest BCUT2D eigenvalue weighted by Crippen LogP contribution is 2.19. The van der Waals surface area contributed by atoms with Gasteiger partial charge in [0.25, 0.3) is 0 Å². The van der Waals surface area contributed by atoms with Crippen molar-refractivity contribution >= 4 is 5.82 Å². The Labute approximate surface area is 116 Å². The van der Waals surface area contributed by atoms with E-state index in [1.807, 2.05) is 0 Å². The van der Waals surface area contributed by atoms with Crippen molar-refractivity contribution in [3.05, 3.63) is 12.4 Å². The molecule has 0 amide bonds. The topological polar surface area (TPSA) is 64.3 Å². The SMILES string of the molecule is CCCOc1cncc(N(CCN)C(CC)CC)n1. The minimum Gasteiger partial charge on any atom is -0.477 e. The maximum atomic E-state index is 5.71. The molecule has 1 aromatic heterocycles. The number of hydrogen-bond donors (Lipinski definition) is 1. The van der Waals surface area contributed by atoms with Gasteiger partial charge in [0.1, 0.15) is 0 Å². The number of nitrogens with two attached hydrogens (primary N) is 1. The molecule has 1 aromatic rings. The van der Waals surface area contributed by atoms with Crippen molar-refractivity contribution in [1.82, 2.24) is 9.97 Å². The Morgan fingerprint density at radius 2 is 2.00 bits per heavy atom. The van der Waals surface area contributed by atoms with Gasteiger partial charge in [-0.2, -0.15) is 4.98 Å². The van der Waals surface area contributed by atoms with Crippen molar-refractivity contribution in [1.29, 1.82) is 0 Å². The average Bonchev–Trinajstić information content (AvgIpc) is 2.45. The summed E-state index contributed by atoms with van der Waals surface area (Å²) < 4.78 is 5.54. The van der Waals surface area contributed by atoms with E-state index in [2.05, 4.69) is 35.6 Å². The van der Waals surface area contributed by atoms with Crippen LogP contribution >= 0.6 is 0 Å². The Balaban J connectivity index is 2.88. The Hall–Kier alpha value is -1.36. The lowest BCUT2D eigenvalue weighted by Gasteiger charge is -2.31. The van der Waals surface area contributed by atoms with Gasteiger partial charge in [0.05, 0.1) is 19.0 Å². The van der Waals surface area contributed by atoms with Crippen LogP contribution in [0.25, 0.3) is 0 Å². The summed E-state index contributed by atoms with van der Waals surface area (Å²) in [5.41, 5.74) is 5.71. The quantitative estimate of drug-likeness (QED) is 0.742. The molecule has 0 aromatic carbocycles. The Bertz CT molecular complexity index is 355. The lowest BCUT2D eigenvalue weighted by atomic mass is 10.1. The predicted octanol–water partition coefficient (Wildman–Crippen LogP) is 2.22. The predicted molar refractivity (Wildman–Crippen MR) is 78.6 cm³/mol. The van der Waals surface area contributed by atoms with E-state index in [9.17, 15) is 0 Å². The molecule has 1 heterocycles. The Kier molecular flexibility index (Phi) is 7.18. The number of ether oxygens (including phenoxy) is 1. The number of rotatable bonds is 9. The van der Waals surface area contributed by atoms with Gasteiger partial charge in [-0.15, -0.1) is 0 Å². The fourth-order valence-corrected chi connectivity index (χ4v) is 2.11. The molecule has 0 fully saturated rings. The Morgan fingerprint density at radius 3 is 2.58 bits per heavy atom. The normalized spacial score (nSPS) is 10.8. The highest BCUT2D eigenvalue weighted by Gasteiger charge is 2.17. The lowest BCUT2D eigenvalue weighted by Crippen LogP contribution is -2.39. The summed E-state index contributed by atoms with van der Waals surface area (Å²) in [6.07, 6.45) is 6.54. The molecule has 0 saturated heterocycles. The maximum absolute atomic E-state index is 5.71. The van der Waals surface area contributed by atoms with Crippen LogP contribution in [0.4, 0.5) is 5.82 Å². The first-order valence-electron chi connectivity index (χ1n) is 7.18. The molecule has 0 unspecified atom stereocenters. The van der Waals surface area contributed by atoms with Crippen LogP contribution in [0.1, 0.15) is 40.0 Å². The number of hydrogen-bond acceptors (Lipinski definition) is 5. The molecule has 0 spiro atoms. The molecule has 0 bridgehead atoms. The Morgan fingerprint density at radius 1 is 1.26 bits per heavy atom. The van der Waals surface area contributed by atoms with Gasteiger partial charge in [-0.25, -0.2) is 0 Å². The number of nitrogens with zero attached hydrogens (tertiary/aromatic N) is 3. The molecule has 0 saturated carbocycles. The van der Waals surface area contributed by atoms with Gasteiger partial charge in [-0.1, -0.05) is 20.8 Å². The van der Waals surface area contributed by atoms with Gasteiger partial charge in [0, 0.05) is 19.1 Å². The lowest BCUT2D eigenvalue weighted by molar-refractivity contribution is 0.303. The van der Waals surface area contributed by atoms with Crippen molar-refractivity contribution in [2.75, 3.05) is 24.6 Å². The number of aromatic nitrogens is 2. The van der Waals surface area contributed by atoms with Gasteiger partial charge in [-0.05, 0) is 19.3 Å². The highest BCUT2D eigenvalue weighted by atomic mass is 16.5. The molecule has 0 aliphatic rings. The third-order valence-electron chi connectivity index (χ3n) is 3.10. The summed E-state index contributed by atoms with van der Waals surface area (Å²) in [6.45, 7) is 8.50. The molecule has 0 aliphatic carbocycles. The first-order valence-corrected chi connectivity index (χ1v) is 7.18. The van der Waals surface area contributed by atoms with Crippen LogP contribution in [0.2, 0.25) is 0 Å². The minimum atomic E-state index is 0.444. The zero-order valence-electron chi connectivity index (χ0n) is 12.3. The molecule has 1 rings (SSSR count). The molecular formula is C14H26N4O. The van der Waals surface area contributed by atoms with Crippen LogP contribution in [0.5, 0.6) is 5.88 Å². The molecular weight excluding hydrogens is 240 g/mol. The first-order chi connectivity index (χ1) is 9.26. The van der Waals surface area contributed by atoms with Gasteiger partial charge in [0.15, 0.2) is 5.82 Å². The molecule has 0 radical (unpaired) electrons. The van der Waals surface area contributed by atoms with E-state index < -0.39 is 0 Å². The second kappa shape index (κ2) is 8.69. The van der Waals surface area contributed by atoms with Gasteiger partial charge < -0.3 is 15.4 Å². The van der Waals surface area contributed by atoms with Crippen molar-refractivity contribution in [3.63, 3.8) is 0 Å². The van der Waals surface area contributed by atoms with E-state index in [1.165, 1.54) is 0 Å². The maximum Gasteiger partial charge on any atom is 0.234 e. The third kappa shape index (κ3) is 4.67. The fourth-order valence-electron chi connectivity index (χ4n) is 2.11. The van der Waals surface area contributed by atoms with Crippen molar-refractivity contribution in [2.24, 2.45) is 5.73 Å². The van der Waals surface area contributed by atoms with E-state index in [0.29, 0.717) is 25.1 Å². The largest absolute Gasteiger partial charge is 0.477 e. The van der Waals surface area contributed by atoms with E-state index in [4.69, 9.17) is 10.5 Å². The van der Waals surface area contributed by atoms with Crippen LogP contribution < -0.4 is 15.4 Å². The zero-order valence-corrected chi connectivity index (χ0v) is 12.3. The van der Waals surface area contributed by atoms with E-state index in [0.717, 1.165) is 31.6 Å². The van der Waals surface area contributed by atoms with Crippen LogP contribution in [-0.4, -0.2) is 35.7 Å². The fraction of sp³-hybridized carbons (Fsp3) is 0.714. The van der Waals surface area contributed by atoms with Gasteiger partial charge in [0.2, 0.25) is 5.88 Å². The van der Waals surface area contributed by atoms with Crippen LogP contribution in [0.15, 0.2) is 12.4 Å². The monoisotopic (exact) mass is 266 g/mol. The molecule has 0 aliphatic heterocycles. The molecule has 2 N–H and O–H groups in total. The summed E-state index contributed by atoms with van der Waals surface area (Å²) in [6, 6.07) is 0.444.